The van der Waals surface area contributed by atoms with E-state index in [4.69, 9.17) is 9.47 Å². The maximum Gasteiger partial charge on any atom is 0.410 e. The summed E-state index contributed by atoms with van der Waals surface area (Å²) in [6, 6.07) is 36.9. The Morgan fingerprint density at radius 2 is 1.08 bits per heavy atom. The van der Waals surface area contributed by atoms with Crippen LogP contribution in [-0.4, -0.2) is 68.3 Å². The molecule has 49 heavy (non-hydrogen) atoms. The van der Waals surface area contributed by atoms with Crippen LogP contribution in [0.25, 0.3) is 0 Å². The summed E-state index contributed by atoms with van der Waals surface area (Å²) in [5.74, 6) is 0. The molecule has 0 aliphatic carbocycles. The maximum atomic E-state index is 12.4. The number of anilines is 2. The molecule has 1 N–H and O–H groups in total. The third-order valence-electron chi connectivity index (χ3n) is 10.9. The summed E-state index contributed by atoms with van der Waals surface area (Å²) in [6.07, 6.45) is 3.56. The smallest absolute Gasteiger partial charge is 0.410 e. The summed E-state index contributed by atoms with van der Waals surface area (Å²) < 4.78 is 10.9. The van der Waals surface area contributed by atoms with Gasteiger partial charge >= 0.3 is 12.2 Å². The lowest BCUT2D eigenvalue weighted by Gasteiger charge is -2.39. The standard InChI is InChI=1S/C21H24N2O2.C20H22N2O2/c1-22-16-21(18-9-5-6-10-19(18)22)11-13-23(14-12-21)20(24)25-15-17-7-3-2-4-8-17;23-19(24-14-16-6-2-1-3-7-16)22-12-10-20(11-13-22)15-21-18-9-5-4-8-17(18)20/h2-10H,11-16H2,1H3;1-9,21H,10-15H2. The van der Waals surface area contributed by atoms with E-state index in [1.165, 1.54) is 22.5 Å². The first-order valence-corrected chi connectivity index (χ1v) is 17.5. The molecule has 8 heteroatoms. The molecule has 0 aromatic heterocycles. The van der Waals surface area contributed by atoms with E-state index in [9.17, 15) is 9.59 Å². The molecule has 4 aromatic carbocycles. The molecular formula is C41H46N4O4. The average molecular weight is 659 g/mol. The molecule has 8 nitrogen and oxygen atoms in total. The van der Waals surface area contributed by atoms with Crippen molar-refractivity contribution in [2.24, 2.45) is 0 Å². The van der Waals surface area contributed by atoms with Crippen molar-refractivity contribution < 1.29 is 19.1 Å². The molecule has 0 saturated carbocycles. The first-order chi connectivity index (χ1) is 23.9. The van der Waals surface area contributed by atoms with Crippen LogP contribution in [0.2, 0.25) is 0 Å². The van der Waals surface area contributed by atoms with Crippen LogP contribution in [0.1, 0.15) is 47.9 Å². The molecule has 4 aliphatic heterocycles. The Kier molecular flexibility index (Phi) is 9.47. The van der Waals surface area contributed by atoms with Gasteiger partial charge in [-0.2, -0.15) is 0 Å². The largest absolute Gasteiger partial charge is 0.445 e. The molecule has 2 fully saturated rings. The first kappa shape index (κ1) is 32.6. The van der Waals surface area contributed by atoms with Gasteiger partial charge in [0, 0.05) is 68.5 Å². The van der Waals surface area contributed by atoms with Crippen LogP contribution < -0.4 is 10.2 Å². The van der Waals surface area contributed by atoms with E-state index in [1.54, 1.807) is 0 Å². The van der Waals surface area contributed by atoms with Gasteiger partial charge in [-0.05, 0) is 60.1 Å². The number of nitrogens with one attached hydrogen (secondary N) is 1. The summed E-state index contributed by atoms with van der Waals surface area (Å²) in [7, 11) is 2.16. The van der Waals surface area contributed by atoms with E-state index in [-0.39, 0.29) is 23.0 Å². The molecule has 2 spiro atoms. The van der Waals surface area contributed by atoms with Crippen molar-refractivity contribution in [2.45, 2.75) is 49.7 Å². The summed E-state index contributed by atoms with van der Waals surface area (Å²) in [6.45, 7) is 5.72. The minimum Gasteiger partial charge on any atom is -0.445 e. The van der Waals surface area contributed by atoms with Gasteiger partial charge in [0.25, 0.3) is 0 Å². The number of rotatable bonds is 4. The van der Waals surface area contributed by atoms with Crippen molar-refractivity contribution in [2.75, 3.05) is 56.5 Å². The van der Waals surface area contributed by atoms with Gasteiger partial charge in [0.1, 0.15) is 13.2 Å². The number of benzene rings is 4. The van der Waals surface area contributed by atoms with E-state index in [0.717, 1.165) is 76.1 Å². The number of carbonyl (C=O) groups is 2. The molecule has 0 radical (unpaired) electrons. The monoisotopic (exact) mass is 658 g/mol. The maximum absolute atomic E-state index is 12.4. The van der Waals surface area contributed by atoms with Gasteiger partial charge < -0.3 is 29.5 Å². The lowest BCUT2D eigenvalue weighted by molar-refractivity contribution is 0.0785. The molecule has 4 aliphatic rings. The zero-order valence-corrected chi connectivity index (χ0v) is 28.4. The van der Waals surface area contributed by atoms with E-state index < -0.39 is 0 Å². The summed E-state index contributed by atoms with van der Waals surface area (Å²) in [4.78, 5) is 30.7. The van der Waals surface area contributed by atoms with Crippen LogP contribution in [0, 0.1) is 0 Å². The fourth-order valence-corrected chi connectivity index (χ4v) is 8.07. The van der Waals surface area contributed by atoms with Gasteiger partial charge in [-0.25, -0.2) is 9.59 Å². The molecule has 4 heterocycles. The topological polar surface area (TPSA) is 74.3 Å². The number of carbonyl (C=O) groups excluding carboxylic acids is 2. The SMILES string of the molecule is CN1CC2(CCN(C(=O)OCc3ccccc3)CC2)c2ccccc21.O=C(OCc1ccccc1)N1CCC2(CC1)CNc1ccccc12. The predicted octanol–water partition coefficient (Wildman–Crippen LogP) is 7.59. The normalized spacial score (nSPS) is 18.2. The van der Waals surface area contributed by atoms with Gasteiger partial charge in [-0.15, -0.1) is 0 Å². The molecule has 0 unspecified atom stereocenters. The van der Waals surface area contributed by atoms with Crippen molar-refractivity contribution >= 4 is 23.6 Å². The highest BCUT2D eigenvalue weighted by Crippen LogP contribution is 2.46. The highest BCUT2D eigenvalue weighted by Gasteiger charge is 2.44. The Labute approximate surface area is 289 Å². The first-order valence-electron chi connectivity index (χ1n) is 17.5. The zero-order valence-electron chi connectivity index (χ0n) is 28.4. The predicted molar refractivity (Wildman–Crippen MR) is 193 cm³/mol. The average Bonchev–Trinajstić information content (AvgIpc) is 3.65. The number of likely N-dealkylation sites (N-methyl/N-ethyl adjacent to an activating group) is 1. The molecule has 2 amide bonds. The van der Waals surface area contributed by atoms with E-state index in [0.29, 0.717) is 13.2 Å². The van der Waals surface area contributed by atoms with Crippen molar-refractivity contribution in [3.05, 3.63) is 131 Å². The number of piperidine rings is 2. The number of ether oxygens (including phenoxy) is 2. The number of likely N-dealkylation sites (tertiary alicyclic amines) is 2. The molecular weight excluding hydrogens is 612 g/mol. The van der Waals surface area contributed by atoms with Crippen molar-refractivity contribution in [1.82, 2.24) is 9.80 Å². The Bertz CT molecular complexity index is 1730. The van der Waals surface area contributed by atoms with Crippen molar-refractivity contribution in [1.29, 1.82) is 0 Å². The number of fused-ring (bicyclic) bond motifs is 4. The number of hydrogen-bond donors (Lipinski definition) is 1. The molecule has 0 atom stereocenters. The van der Waals surface area contributed by atoms with Crippen LogP contribution >= 0.6 is 0 Å². The lowest BCUT2D eigenvalue weighted by Crippen LogP contribution is -2.47. The van der Waals surface area contributed by atoms with E-state index >= 15 is 0 Å². The summed E-state index contributed by atoms with van der Waals surface area (Å²) >= 11 is 0. The number of nitrogens with zero attached hydrogens (tertiary/aromatic N) is 3. The quantitative estimate of drug-likeness (QED) is 0.244. The fraction of sp³-hybridized carbons (Fsp3) is 0.366. The second-order valence-corrected chi connectivity index (χ2v) is 13.9. The third-order valence-corrected chi connectivity index (χ3v) is 10.9. The van der Waals surface area contributed by atoms with Gasteiger partial charge in [0.15, 0.2) is 0 Å². The number of para-hydroxylation sites is 2. The van der Waals surface area contributed by atoms with E-state index in [2.05, 4.69) is 65.8 Å². The second kappa shape index (κ2) is 14.2. The highest BCUT2D eigenvalue weighted by molar-refractivity contribution is 5.69. The van der Waals surface area contributed by atoms with E-state index in [1.807, 2.05) is 70.5 Å². The summed E-state index contributed by atoms with van der Waals surface area (Å²) in [5, 5.41) is 3.52. The number of hydrogen-bond acceptors (Lipinski definition) is 6. The van der Waals surface area contributed by atoms with Gasteiger partial charge in [-0.1, -0.05) is 97.1 Å². The van der Waals surface area contributed by atoms with Gasteiger partial charge in [0.2, 0.25) is 0 Å². The van der Waals surface area contributed by atoms with Gasteiger partial charge in [-0.3, -0.25) is 0 Å². The lowest BCUT2D eigenvalue weighted by atomic mass is 9.74. The fourth-order valence-electron chi connectivity index (χ4n) is 8.07. The van der Waals surface area contributed by atoms with Crippen molar-refractivity contribution in [3.63, 3.8) is 0 Å². The van der Waals surface area contributed by atoms with Crippen LogP contribution in [0.5, 0.6) is 0 Å². The molecule has 8 rings (SSSR count). The second-order valence-electron chi connectivity index (χ2n) is 13.9. The van der Waals surface area contributed by atoms with Crippen LogP contribution in [0.4, 0.5) is 21.0 Å². The van der Waals surface area contributed by atoms with Gasteiger partial charge in [0.05, 0.1) is 0 Å². The minimum absolute atomic E-state index is 0.173. The van der Waals surface area contributed by atoms with Crippen LogP contribution in [-0.2, 0) is 33.5 Å². The third kappa shape index (κ3) is 6.95. The van der Waals surface area contributed by atoms with Crippen molar-refractivity contribution in [3.8, 4) is 0 Å². The molecule has 254 valence electrons. The Morgan fingerprint density at radius 1 is 0.612 bits per heavy atom. The molecule has 0 bridgehead atoms. The van der Waals surface area contributed by atoms with Crippen LogP contribution in [0.3, 0.4) is 0 Å². The molecule has 2 saturated heterocycles. The Morgan fingerprint density at radius 3 is 1.65 bits per heavy atom. The summed E-state index contributed by atoms with van der Waals surface area (Å²) in [5.41, 5.74) is 7.83. The zero-order chi connectivity index (χ0) is 33.7. The molecule has 4 aromatic rings. The number of amides is 2. The van der Waals surface area contributed by atoms with Crippen LogP contribution in [0.15, 0.2) is 109 Å². The minimum atomic E-state index is -0.201. The Balaban J connectivity index is 0.000000154. The highest BCUT2D eigenvalue weighted by atomic mass is 16.6. The Hall–Kier alpha value is -4.98.